The molecular weight excluding hydrogens is 136 g/mol. The highest BCUT2D eigenvalue weighted by Crippen LogP contribution is 2.31. The Hall–Kier alpha value is -0.0400. The van der Waals surface area contributed by atoms with Crippen molar-refractivity contribution in [3.63, 3.8) is 0 Å². The Bertz CT molecular complexity index is 103. The van der Waals surface area contributed by atoms with E-state index in [4.69, 9.17) is 5.11 Å². The molecule has 1 atom stereocenters. The Morgan fingerprint density at radius 2 is 1.64 bits per heavy atom. The largest absolute Gasteiger partial charge is 0.393 e. The molecule has 0 aromatic heterocycles. The topological polar surface area (TPSA) is 20.2 Å². The van der Waals surface area contributed by atoms with Crippen molar-refractivity contribution >= 4 is 0 Å². The number of aliphatic hydroxyl groups excluding tert-OH is 1. The molecule has 0 rings (SSSR count). The van der Waals surface area contributed by atoms with Crippen LogP contribution in [-0.4, -0.2) is 11.2 Å². The van der Waals surface area contributed by atoms with Gasteiger partial charge in [0.2, 0.25) is 0 Å². The lowest BCUT2D eigenvalue weighted by Gasteiger charge is -2.29. The van der Waals surface area contributed by atoms with Crippen molar-refractivity contribution in [3.8, 4) is 0 Å². The molecule has 1 N–H and O–H groups in total. The van der Waals surface area contributed by atoms with E-state index in [2.05, 4.69) is 27.7 Å². The number of hydrogen-bond donors (Lipinski definition) is 1. The van der Waals surface area contributed by atoms with Crippen LogP contribution in [0.3, 0.4) is 0 Å². The van der Waals surface area contributed by atoms with E-state index in [0.717, 1.165) is 12.8 Å². The molecule has 11 heavy (non-hydrogen) atoms. The molecule has 0 amide bonds. The predicted octanol–water partition coefficient (Wildman–Crippen LogP) is 2.83. The first-order valence-corrected chi connectivity index (χ1v) is 4.54. The molecule has 0 heterocycles. The Kier molecular flexibility index (Phi) is 4.09. The van der Waals surface area contributed by atoms with E-state index in [1.165, 1.54) is 0 Å². The monoisotopic (exact) mass is 158 g/mol. The van der Waals surface area contributed by atoms with Gasteiger partial charge in [0.15, 0.2) is 0 Å². The van der Waals surface area contributed by atoms with Gasteiger partial charge < -0.3 is 5.11 Å². The minimum Gasteiger partial charge on any atom is -0.393 e. The van der Waals surface area contributed by atoms with Crippen LogP contribution in [0.5, 0.6) is 0 Å². The molecule has 0 aromatic carbocycles. The van der Waals surface area contributed by atoms with E-state index in [0.29, 0.717) is 11.3 Å². The molecule has 0 saturated heterocycles. The summed E-state index contributed by atoms with van der Waals surface area (Å²) < 4.78 is 0. The molecule has 1 heteroatoms. The standard InChI is InChI=1S/C10H22O/c1-8(2)10(4,5)7-6-9(3)11/h8-9,11H,6-7H2,1-5H3. The predicted molar refractivity (Wildman–Crippen MR) is 49.5 cm³/mol. The third-order valence-electron chi connectivity index (χ3n) is 2.77. The molecule has 0 radical (unpaired) electrons. The van der Waals surface area contributed by atoms with Crippen molar-refractivity contribution in [3.05, 3.63) is 0 Å². The number of hydrogen-bond acceptors (Lipinski definition) is 1. The summed E-state index contributed by atoms with van der Waals surface area (Å²) in [5.41, 5.74) is 0.372. The Morgan fingerprint density at radius 1 is 1.18 bits per heavy atom. The first kappa shape index (κ1) is 11.0. The third-order valence-corrected chi connectivity index (χ3v) is 2.77. The average molecular weight is 158 g/mol. The molecule has 0 fully saturated rings. The van der Waals surface area contributed by atoms with Crippen molar-refractivity contribution in [2.24, 2.45) is 11.3 Å². The van der Waals surface area contributed by atoms with E-state index < -0.39 is 0 Å². The highest BCUT2D eigenvalue weighted by atomic mass is 16.3. The first-order chi connectivity index (χ1) is 4.86. The van der Waals surface area contributed by atoms with Crippen LogP contribution in [0.1, 0.15) is 47.5 Å². The fraction of sp³-hybridized carbons (Fsp3) is 1.00. The maximum absolute atomic E-state index is 9.10. The van der Waals surface area contributed by atoms with Gasteiger partial charge in [0.25, 0.3) is 0 Å². The van der Waals surface area contributed by atoms with Crippen LogP contribution in [0.25, 0.3) is 0 Å². The second kappa shape index (κ2) is 4.10. The quantitative estimate of drug-likeness (QED) is 0.667. The summed E-state index contributed by atoms with van der Waals surface area (Å²) in [7, 11) is 0. The van der Waals surface area contributed by atoms with Gasteiger partial charge in [-0.05, 0) is 31.1 Å². The summed E-state index contributed by atoms with van der Waals surface area (Å²) in [4.78, 5) is 0. The normalized spacial score (nSPS) is 15.5. The summed E-state index contributed by atoms with van der Waals surface area (Å²) >= 11 is 0. The SMILES string of the molecule is CC(O)CCC(C)(C)C(C)C. The minimum atomic E-state index is -0.145. The molecule has 0 aliphatic heterocycles. The third kappa shape index (κ3) is 4.41. The van der Waals surface area contributed by atoms with Crippen molar-refractivity contribution in [1.82, 2.24) is 0 Å². The molecule has 0 aliphatic rings. The molecule has 0 saturated carbocycles. The molecule has 0 aromatic rings. The van der Waals surface area contributed by atoms with Crippen molar-refractivity contribution in [1.29, 1.82) is 0 Å². The van der Waals surface area contributed by atoms with Crippen molar-refractivity contribution < 1.29 is 5.11 Å². The fourth-order valence-corrected chi connectivity index (χ4v) is 0.870. The Morgan fingerprint density at radius 3 is 1.91 bits per heavy atom. The van der Waals surface area contributed by atoms with Gasteiger partial charge in [-0.25, -0.2) is 0 Å². The van der Waals surface area contributed by atoms with E-state index in [1.54, 1.807) is 0 Å². The molecule has 68 valence electrons. The van der Waals surface area contributed by atoms with Crippen LogP contribution in [-0.2, 0) is 0 Å². The maximum Gasteiger partial charge on any atom is 0.0512 e. The van der Waals surface area contributed by atoms with Crippen LogP contribution in [0.15, 0.2) is 0 Å². The minimum absolute atomic E-state index is 0.145. The summed E-state index contributed by atoms with van der Waals surface area (Å²) in [5.74, 6) is 0.696. The maximum atomic E-state index is 9.10. The van der Waals surface area contributed by atoms with Gasteiger partial charge in [0.05, 0.1) is 6.10 Å². The summed E-state index contributed by atoms with van der Waals surface area (Å²) in [6.07, 6.45) is 1.89. The van der Waals surface area contributed by atoms with E-state index >= 15 is 0 Å². The highest BCUT2D eigenvalue weighted by molar-refractivity contribution is 4.72. The van der Waals surface area contributed by atoms with Crippen LogP contribution in [0.4, 0.5) is 0 Å². The number of rotatable bonds is 4. The van der Waals surface area contributed by atoms with E-state index in [1.807, 2.05) is 6.92 Å². The second-order valence-corrected chi connectivity index (χ2v) is 4.53. The fourth-order valence-electron chi connectivity index (χ4n) is 0.870. The van der Waals surface area contributed by atoms with E-state index in [-0.39, 0.29) is 6.10 Å². The zero-order valence-electron chi connectivity index (χ0n) is 8.52. The zero-order chi connectivity index (χ0) is 9.07. The van der Waals surface area contributed by atoms with Gasteiger partial charge in [0.1, 0.15) is 0 Å². The summed E-state index contributed by atoms with van der Waals surface area (Å²) in [6.45, 7) is 10.9. The van der Waals surface area contributed by atoms with Gasteiger partial charge >= 0.3 is 0 Å². The highest BCUT2D eigenvalue weighted by Gasteiger charge is 2.21. The van der Waals surface area contributed by atoms with Gasteiger partial charge in [0, 0.05) is 0 Å². The van der Waals surface area contributed by atoms with Gasteiger partial charge in [-0.2, -0.15) is 0 Å². The van der Waals surface area contributed by atoms with Crippen LogP contribution in [0.2, 0.25) is 0 Å². The lowest BCUT2D eigenvalue weighted by Crippen LogP contribution is -2.20. The Balaban J connectivity index is 3.73. The van der Waals surface area contributed by atoms with Crippen LogP contribution in [0, 0.1) is 11.3 Å². The average Bonchev–Trinajstić information content (AvgIpc) is 1.84. The Labute approximate surface area is 70.8 Å². The lowest BCUT2D eigenvalue weighted by atomic mass is 9.77. The van der Waals surface area contributed by atoms with Gasteiger partial charge in [-0.3, -0.25) is 0 Å². The molecule has 0 bridgehead atoms. The van der Waals surface area contributed by atoms with Gasteiger partial charge in [-0.15, -0.1) is 0 Å². The molecular formula is C10H22O. The van der Waals surface area contributed by atoms with E-state index in [9.17, 15) is 0 Å². The molecule has 1 unspecified atom stereocenters. The first-order valence-electron chi connectivity index (χ1n) is 4.54. The van der Waals surface area contributed by atoms with Crippen molar-refractivity contribution in [2.45, 2.75) is 53.6 Å². The second-order valence-electron chi connectivity index (χ2n) is 4.53. The summed E-state index contributed by atoms with van der Waals surface area (Å²) in [6, 6.07) is 0. The lowest BCUT2D eigenvalue weighted by molar-refractivity contribution is 0.139. The van der Waals surface area contributed by atoms with Crippen molar-refractivity contribution in [2.75, 3.05) is 0 Å². The van der Waals surface area contributed by atoms with Gasteiger partial charge in [-0.1, -0.05) is 27.7 Å². The number of aliphatic hydroxyl groups is 1. The smallest absolute Gasteiger partial charge is 0.0512 e. The van der Waals surface area contributed by atoms with Crippen LogP contribution < -0.4 is 0 Å². The molecule has 0 aliphatic carbocycles. The molecule has 0 spiro atoms. The zero-order valence-corrected chi connectivity index (χ0v) is 8.52. The van der Waals surface area contributed by atoms with Crippen LogP contribution >= 0.6 is 0 Å². The summed E-state index contributed by atoms with van der Waals surface area (Å²) in [5, 5.41) is 9.10. The molecule has 1 nitrogen and oxygen atoms in total.